The van der Waals surface area contributed by atoms with E-state index < -0.39 is 24.2 Å². The number of nitrogens with one attached hydrogen (secondary N) is 3. The average molecular weight is 500 g/mol. The van der Waals surface area contributed by atoms with E-state index in [1.54, 1.807) is 12.1 Å². The average Bonchev–Trinajstić information content (AvgIpc) is 2.84. The topological polar surface area (TPSA) is 96.5 Å². The molecule has 7 nitrogen and oxygen atoms in total. The third kappa shape index (κ3) is 8.11. The lowest BCUT2D eigenvalue weighted by Gasteiger charge is -2.13. The SMILES string of the molecule is Cc1ccccc1CC(=O)NNC(=O)c1ccccc1OCC(=O)Nc1ccc(SC(F)F)cc1. The van der Waals surface area contributed by atoms with E-state index in [1.165, 1.54) is 36.4 Å². The summed E-state index contributed by atoms with van der Waals surface area (Å²) in [6, 6.07) is 19.7. The van der Waals surface area contributed by atoms with Crippen molar-refractivity contribution in [1.82, 2.24) is 10.9 Å². The molecule has 3 N–H and O–H groups in total. The fourth-order valence-corrected chi connectivity index (χ4v) is 3.56. The summed E-state index contributed by atoms with van der Waals surface area (Å²) in [5, 5.41) is 2.59. The van der Waals surface area contributed by atoms with Gasteiger partial charge in [0.2, 0.25) is 5.91 Å². The number of thioether (sulfide) groups is 1. The van der Waals surface area contributed by atoms with Gasteiger partial charge in [0, 0.05) is 10.6 Å². The van der Waals surface area contributed by atoms with Gasteiger partial charge in [0.25, 0.3) is 17.6 Å². The van der Waals surface area contributed by atoms with Crippen molar-refractivity contribution in [2.75, 3.05) is 11.9 Å². The van der Waals surface area contributed by atoms with Crippen LogP contribution in [-0.2, 0) is 16.0 Å². The minimum atomic E-state index is -2.53. The molecule has 0 radical (unpaired) electrons. The van der Waals surface area contributed by atoms with Crippen LogP contribution in [0.2, 0.25) is 0 Å². The van der Waals surface area contributed by atoms with Crippen LogP contribution in [0, 0.1) is 6.92 Å². The molecule has 182 valence electrons. The number of halogens is 2. The number of hydrazine groups is 1. The smallest absolute Gasteiger partial charge is 0.288 e. The first-order valence-electron chi connectivity index (χ1n) is 10.5. The Morgan fingerprint density at radius 2 is 1.57 bits per heavy atom. The summed E-state index contributed by atoms with van der Waals surface area (Å²) in [7, 11) is 0. The molecule has 10 heteroatoms. The molecule has 0 aliphatic rings. The Bertz CT molecular complexity index is 1190. The molecular formula is C25H23F2N3O4S. The molecule has 0 saturated heterocycles. The van der Waals surface area contributed by atoms with Crippen LogP contribution in [0.1, 0.15) is 21.5 Å². The molecule has 0 aliphatic heterocycles. The van der Waals surface area contributed by atoms with Crippen LogP contribution < -0.4 is 20.9 Å². The summed E-state index contributed by atoms with van der Waals surface area (Å²) in [4.78, 5) is 37.4. The molecule has 0 aliphatic carbocycles. The Hall–Kier alpha value is -3.92. The third-order valence-corrected chi connectivity index (χ3v) is 5.50. The van der Waals surface area contributed by atoms with Crippen LogP contribution in [0.3, 0.4) is 0 Å². The van der Waals surface area contributed by atoms with Crippen molar-refractivity contribution in [2.24, 2.45) is 0 Å². The van der Waals surface area contributed by atoms with E-state index in [0.29, 0.717) is 22.3 Å². The number of carbonyl (C=O) groups is 3. The van der Waals surface area contributed by atoms with E-state index in [0.717, 1.165) is 11.1 Å². The van der Waals surface area contributed by atoms with Crippen molar-refractivity contribution in [3.63, 3.8) is 0 Å². The summed E-state index contributed by atoms with van der Waals surface area (Å²) >= 11 is 0.409. The van der Waals surface area contributed by atoms with Gasteiger partial charge >= 0.3 is 0 Å². The normalized spacial score (nSPS) is 10.5. The zero-order valence-electron chi connectivity index (χ0n) is 18.7. The maximum absolute atomic E-state index is 12.6. The van der Waals surface area contributed by atoms with Crippen molar-refractivity contribution in [3.05, 3.63) is 89.5 Å². The Morgan fingerprint density at radius 1 is 0.886 bits per heavy atom. The van der Waals surface area contributed by atoms with Crippen LogP contribution in [0.4, 0.5) is 14.5 Å². The largest absolute Gasteiger partial charge is 0.483 e. The number of hydrogen-bond acceptors (Lipinski definition) is 5. The van der Waals surface area contributed by atoms with E-state index in [-0.39, 0.29) is 23.6 Å². The standard InChI is InChI=1S/C25H23F2N3O4S/c1-16-6-2-3-7-17(16)14-22(31)29-30-24(33)20-8-4-5-9-21(20)34-15-23(32)28-18-10-12-19(13-11-18)35-25(26)27/h2-13,25H,14-15H2,1H3,(H,28,32)(H,29,31)(H,30,33). The molecule has 35 heavy (non-hydrogen) atoms. The van der Waals surface area contributed by atoms with Gasteiger partial charge in [-0.1, -0.05) is 48.2 Å². The molecule has 0 bridgehead atoms. The highest BCUT2D eigenvalue weighted by Crippen LogP contribution is 2.26. The van der Waals surface area contributed by atoms with Crippen LogP contribution in [-0.4, -0.2) is 30.1 Å². The number of carbonyl (C=O) groups excluding carboxylic acids is 3. The molecule has 3 rings (SSSR count). The van der Waals surface area contributed by atoms with Gasteiger partial charge in [-0.15, -0.1) is 0 Å². The van der Waals surface area contributed by atoms with Gasteiger partial charge in [0.15, 0.2) is 6.61 Å². The van der Waals surface area contributed by atoms with Gasteiger partial charge in [0.05, 0.1) is 12.0 Å². The van der Waals surface area contributed by atoms with Gasteiger partial charge in [-0.25, -0.2) is 0 Å². The van der Waals surface area contributed by atoms with Crippen molar-refractivity contribution in [3.8, 4) is 5.75 Å². The minimum absolute atomic E-state index is 0.104. The fraction of sp³-hybridized carbons (Fsp3) is 0.160. The van der Waals surface area contributed by atoms with Gasteiger partial charge < -0.3 is 10.1 Å². The first kappa shape index (κ1) is 25.7. The summed E-state index contributed by atoms with van der Waals surface area (Å²) in [5.74, 6) is -3.87. The Labute approximate surface area is 205 Å². The van der Waals surface area contributed by atoms with E-state index in [1.807, 2.05) is 31.2 Å². The number of ether oxygens (including phenoxy) is 1. The van der Waals surface area contributed by atoms with E-state index >= 15 is 0 Å². The van der Waals surface area contributed by atoms with Crippen molar-refractivity contribution >= 4 is 35.2 Å². The Balaban J connectivity index is 1.51. The second kappa shape index (κ2) is 12.5. The highest BCUT2D eigenvalue weighted by atomic mass is 32.2. The second-order valence-corrected chi connectivity index (χ2v) is 8.40. The fourth-order valence-electron chi connectivity index (χ4n) is 3.06. The van der Waals surface area contributed by atoms with Crippen LogP contribution in [0.5, 0.6) is 5.75 Å². The molecule has 0 atom stereocenters. The Morgan fingerprint density at radius 3 is 2.29 bits per heavy atom. The molecule has 3 aromatic rings. The lowest BCUT2D eigenvalue weighted by molar-refractivity contribution is -0.121. The maximum Gasteiger partial charge on any atom is 0.288 e. The van der Waals surface area contributed by atoms with Crippen molar-refractivity contribution in [1.29, 1.82) is 0 Å². The molecule has 0 unspecified atom stereocenters. The number of aryl methyl sites for hydroxylation is 1. The first-order chi connectivity index (χ1) is 16.8. The number of rotatable bonds is 9. The summed E-state index contributed by atoms with van der Waals surface area (Å²) in [5.41, 5.74) is 7.08. The molecule has 3 aromatic carbocycles. The molecule has 0 saturated carbocycles. The lowest BCUT2D eigenvalue weighted by atomic mass is 10.1. The highest BCUT2D eigenvalue weighted by molar-refractivity contribution is 7.99. The minimum Gasteiger partial charge on any atom is -0.483 e. The predicted octanol–water partition coefficient (Wildman–Crippen LogP) is 4.33. The van der Waals surface area contributed by atoms with E-state index in [9.17, 15) is 23.2 Å². The molecule has 0 spiro atoms. The van der Waals surface area contributed by atoms with Crippen molar-refractivity contribution < 1.29 is 27.9 Å². The van der Waals surface area contributed by atoms with Crippen LogP contribution >= 0.6 is 11.8 Å². The van der Waals surface area contributed by atoms with E-state index in [4.69, 9.17) is 4.74 Å². The number of alkyl halides is 2. The molecule has 0 fully saturated rings. The summed E-state index contributed by atoms with van der Waals surface area (Å²) in [6.45, 7) is 1.50. The number of amides is 3. The highest BCUT2D eigenvalue weighted by Gasteiger charge is 2.15. The molecular weight excluding hydrogens is 476 g/mol. The monoisotopic (exact) mass is 499 g/mol. The number of para-hydroxylation sites is 1. The lowest BCUT2D eigenvalue weighted by Crippen LogP contribution is -2.42. The second-order valence-electron chi connectivity index (χ2n) is 7.34. The number of anilines is 1. The quantitative estimate of drug-likeness (QED) is 0.301. The zero-order valence-corrected chi connectivity index (χ0v) is 19.5. The summed E-state index contributed by atoms with van der Waals surface area (Å²) in [6.07, 6.45) is 0.104. The molecule has 3 amide bonds. The zero-order chi connectivity index (χ0) is 25.2. The predicted molar refractivity (Wildman–Crippen MR) is 129 cm³/mol. The maximum atomic E-state index is 12.6. The number of benzene rings is 3. The van der Waals surface area contributed by atoms with Gasteiger partial charge in [0.1, 0.15) is 5.75 Å². The van der Waals surface area contributed by atoms with Gasteiger partial charge in [-0.05, 0) is 54.4 Å². The molecule has 0 aromatic heterocycles. The van der Waals surface area contributed by atoms with Gasteiger partial charge in [-0.2, -0.15) is 8.78 Å². The van der Waals surface area contributed by atoms with Crippen LogP contribution in [0.15, 0.2) is 77.7 Å². The van der Waals surface area contributed by atoms with Gasteiger partial charge in [-0.3, -0.25) is 25.2 Å². The van der Waals surface area contributed by atoms with Crippen molar-refractivity contribution in [2.45, 2.75) is 24.0 Å². The summed E-state index contributed by atoms with van der Waals surface area (Å²) < 4.78 is 30.3. The molecule has 0 heterocycles. The van der Waals surface area contributed by atoms with Crippen LogP contribution in [0.25, 0.3) is 0 Å². The first-order valence-corrected chi connectivity index (χ1v) is 11.4. The number of hydrogen-bond donors (Lipinski definition) is 3. The third-order valence-electron chi connectivity index (χ3n) is 4.78. The van der Waals surface area contributed by atoms with E-state index in [2.05, 4.69) is 16.2 Å². The Kier molecular flexibility index (Phi) is 9.19.